The summed E-state index contributed by atoms with van der Waals surface area (Å²) in [5.74, 6) is -1.69. The molecule has 3 N–H and O–H groups in total. The number of halogens is 5. The van der Waals surface area contributed by atoms with Crippen molar-refractivity contribution < 1.29 is 31.9 Å². The summed E-state index contributed by atoms with van der Waals surface area (Å²) in [6.07, 6.45) is -9.13. The Morgan fingerprint density at radius 1 is 1.44 bits per heavy atom. The summed E-state index contributed by atoms with van der Waals surface area (Å²) >= 11 is 0. The normalized spacial score (nSPS) is 11.9. The van der Waals surface area contributed by atoms with Crippen molar-refractivity contribution in [2.24, 2.45) is 0 Å². The van der Waals surface area contributed by atoms with Gasteiger partial charge in [0.1, 0.15) is 5.69 Å². The molecule has 1 aromatic rings. The Kier molecular flexibility index (Phi) is 3.73. The first-order valence-corrected chi connectivity index (χ1v) is 4.49. The average molecular weight is 270 g/mol. The molecular formula is C9H7F5N2O2. The second-order valence-electron chi connectivity index (χ2n) is 3.32. The maximum atomic E-state index is 12.6. The number of nitrogens with zero attached hydrogens (tertiary/aromatic N) is 1. The van der Waals surface area contributed by atoms with Gasteiger partial charge < -0.3 is 10.8 Å². The highest BCUT2D eigenvalue weighted by Gasteiger charge is 2.38. The molecule has 0 bridgehead atoms. The monoisotopic (exact) mass is 270 g/mol. The Bertz CT molecular complexity index is 473. The number of aromatic nitrogens is 1. The first-order chi connectivity index (χ1) is 8.14. The van der Waals surface area contributed by atoms with Crippen LogP contribution in [0.3, 0.4) is 0 Å². The molecule has 100 valence electrons. The number of carboxylic acids is 1. The molecule has 0 saturated heterocycles. The van der Waals surface area contributed by atoms with Gasteiger partial charge in [-0.1, -0.05) is 0 Å². The second kappa shape index (κ2) is 4.75. The molecule has 0 aliphatic carbocycles. The van der Waals surface area contributed by atoms with E-state index in [0.717, 1.165) is 0 Å². The van der Waals surface area contributed by atoms with Gasteiger partial charge in [0.25, 0.3) is 6.43 Å². The minimum atomic E-state index is -5.03. The van der Waals surface area contributed by atoms with E-state index in [1.54, 1.807) is 0 Å². The molecule has 0 aliphatic rings. The number of nitrogen functional groups attached to an aromatic ring is 1. The van der Waals surface area contributed by atoms with Gasteiger partial charge in [-0.2, -0.15) is 13.2 Å². The first-order valence-electron chi connectivity index (χ1n) is 4.49. The van der Waals surface area contributed by atoms with E-state index in [9.17, 15) is 26.7 Å². The number of hydrogen-bond acceptors (Lipinski definition) is 3. The number of aliphatic carboxylic acids is 1. The van der Waals surface area contributed by atoms with Gasteiger partial charge in [-0.3, -0.25) is 4.79 Å². The number of hydrogen-bond donors (Lipinski definition) is 2. The highest BCUT2D eigenvalue weighted by molar-refractivity contribution is 5.72. The van der Waals surface area contributed by atoms with Crippen molar-refractivity contribution in [3.8, 4) is 0 Å². The smallest absolute Gasteiger partial charge is 0.433 e. The maximum Gasteiger partial charge on any atom is 0.433 e. The van der Waals surface area contributed by atoms with Crippen molar-refractivity contribution in [1.82, 2.24) is 4.98 Å². The standard InChI is InChI=1S/C9H7F5N2O2/c10-8(11)6-3(1-5(17)18)7(9(12,13)14)16-2-4(6)15/h2,8H,1,15H2,(H,17,18). The second-order valence-corrected chi connectivity index (χ2v) is 3.32. The highest BCUT2D eigenvalue weighted by Crippen LogP contribution is 2.37. The summed E-state index contributed by atoms with van der Waals surface area (Å²) in [5.41, 5.74) is 0.532. The number of nitrogens with two attached hydrogens (primary N) is 1. The third-order valence-corrected chi connectivity index (χ3v) is 2.07. The maximum absolute atomic E-state index is 12.6. The van der Waals surface area contributed by atoms with E-state index in [4.69, 9.17) is 10.8 Å². The minimum absolute atomic E-state index is 0.440. The fraction of sp³-hybridized carbons (Fsp3) is 0.333. The van der Waals surface area contributed by atoms with Gasteiger partial charge in [0, 0.05) is 11.1 Å². The molecule has 0 radical (unpaired) electrons. The van der Waals surface area contributed by atoms with E-state index >= 15 is 0 Å². The Morgan fingerprint density at radius 2 is 2.00 bits per heavy atom. The van der Waals surface area contributed by atoms with Crippen LogP contribution in [-0.2, 0) is 17.4 Å². The number of carboxylic acid groups (broad SMARTS) is 1. The van der Waals surface area contributed by atoms with Gasteiger partial charge in [0.2, 0.25) is 0 Å². The van der Waals surface area contributed by atoms with Crippen LogP contribution in [0.1, 0.15) is 23.2 Å². The third kappa shape index (κ3) is 2.84. The summed E-state index contributed by atoms with van der Waals surface area (Å²) in [4.78, 5) is 13.4. The lowest BCUT2D eigenvalue weighted by Crippen LogP contribution is -2.18. The zero-order valence-corrected chi connectivity index (χ0v) is 8.63. The lowest BCUT2D eigenvalue weighted by Gasteiger charge is -2.16. The Hall–Kier alpha value is -1.93. The summed E-state index contributed by atoms with van der Waals surface area (Å²) in [6, 6.07) is 0. The van der Waals surface area contributed by atoms with Crippen LogP contribution in [-0.4, -0.2) is 16.1 Å². The van der Waals surface area contributed by atoms with Gasteiger partial charge in [0.15, 0.2) is 0 Å². The predicted molar refractivity (Wildman–Crippen MR) is 49.9 cm³/mol. The topological polar surface area (TPSA) is 76.2 Å². The summed E-state index contributed by atoms with van der Waals surface area (Å²) in [5, 5.41) is 8.47. The number of pyridine rings is 1. The highest BCUT2D eigenvalue weighted by atomic mass is 19.4. The van der Waals surface area contributed by atoms with E-state index in [1.807, 2.05) is 0 Å². The number of anilines is 1. The van der Waals surface area contributed by atoms with Crippen molar-refractivity contribution in [1.29, 1.82) is 0 Å². The Morgan fingerprint density at radius 3 is 2.39 bits per heavy atom. The molecule has 0 aliphatic heterocycles. The quantitative estimate of drug-likeness (QED) is 0.826. The number of alkyl halides is 5. The molecule has 9 heteroatoms. The molecule has 1 rings (SSSR count). The number of rotatable bonds is 3. The van der Waals surface area contributed by atoms with Crippen molar-refractivity contribution >= 4 is 11.7 Å². The predicted octanol–water partition coefficient (Wildman–Crippen LogP) is 2.25. The van der Waals surface area contributed by atoms with Gasteiger partial charge in [-0.25, -0.2) is 13.8 Å². The van der Waals surface area contributed by atoms with Crippen molar-refractivity contribution in [3.05, 3.63) is 23.0 Å². The summed E-state index contributed by atoms with van der Waals surface area (Å²) in [6.45, 7) is 0. The minimum Gasteiger partial charge on any atom is -0.481 e. The lowest BCUT2D eigenvalue weighted by atomic mass is 10.0. The van der Waals surface area contributed by atoms with Crippen LogP contribution < -0.4 is 5.73 Å². The molecular weight excluding hydrogens is 263 g/mol. The average Bonchev–Trinajstić information content (AvgIpc) is 2.13. The van der Waals surface area contributed by atoms with E-state index in [-0.39, 0.29) is 0 Å². The molecule has 4 nitrogen and oxygen atoms in total. The molecule has 0 spiro atoms. The van der Waals surface area contributed by atoms with Crippen LogP contribution in [0, 0.1) is 0 Å². The van der Waals surface area contributed by atoms with Crippen LogP contribution >= 0.6 is 0 Å². The molecule has 0 amide bonds. The molecule has 0 unspecified atom stereocenters. The zero-order chi connectivity index (χ0) is 14.1. The fourth-order valence-electron chi connectivity index (χ4n) is 1.42. The van der Waals surface area contributed by atoms with Gasteiger partial charge in [-0.05, 0) is 0 Å². The van der Waals surface area contributed by atoms with Crippen LogP contribution in [0.5, 0.6) is 0 Å². The largest absolute Gasteiger partial charge is 0.481 e. The third-order valence-electron chi connectivity index (χ3n) is 2.07. The lowest BCUT2D eigenvalue weighted by molar-refractivity contribution is -0.142. The van der Waals surface area contributed by atoms with Crippen molar-refractivity contribution in [3.63, 3.8) is 0 Å². The Balaban J connectivity index is 3.54. The molecule has 0 atom stereocenters. The van der Waals surface area contributed by atoms with Crippen molar-refractivity contribution in [2.75, 3.05) is 5.73 Å². The van der Waals surface area contributed by atoms with Crippen LogP contribution in [0.4, 0.5) is 27.6 Å². The van der Waals surface area contributed by atoms with E-state index in [0.29, 0.717) is 6.20 Å². The van der Waals surface area contributed by atoms with E-state index in [1.165, 1.54) is 0 Å². The molecule has 0 saturated carbocycles. The van der Waals surface area contributed by atoms with Crippen LogP contribution in [0.2, 0.25) is 0 Å². The fourth-order valence-corrected chi connectivity index (χ4v) is 1.42. The van der Waals surface area contributed by atoms with E-state index < -0.39 is 47.5 Å². The number of carbonyl (C=O) groups is 1. The summed E-state index contributed by atoms with van der Waals surface area (Å²) in [7, 11) is 0. The van der Waals surface area contributed by atoms with Gasteiger partial charge >= 0.3 is 12.1 Å². The Labute approximate surface area is 97.2 Å². The molecule has 0 aromatic carbocycles. The molecule has 18 heavy (non-hydrogen) atoms. The van der Waals surface area contributed by atoms with Gasteiger partial charge in [-0.15, -0.1) is 0 Å². The SMILES string of the molecule is Nc1cnc(C(F)(F)F)c(CC(=O)O)c1C(F)F. The zero-order valence-electron chi connectivity index (χ0n) is 8.63. The van der Waals surface area contributed by atoms with Gasteiger partial charge in [0.05, 0.1) is 18.3 Å². The van der Waals surface area contributed by atoms with Crippen molar-refractivity contribution in [2.45, 2.75) is 19.0 Å². The molecule has 1 heterocycles. The van der Waals surface area contributed by atoms with Crippen LogP contribution in [0.15, 0.2) is 6.20 Å². The molecule has 0 fully saturated rings. The first kappa shape index (κ1) is 14.1. The van der Waals surface area contributed by atoms with Crippen LogP contribution in [0.25, 0.3) is 0 Å². The summed E-state index contributed by atoms with van der Waals surface area (Å²) < 4.78 is 62.9. The van der Waals surface area contributed by atoms with E-state index in [2.05, 4.69) is 4.98 Å². The molecule has 1 aromatic heterocycles.